The summed E-state index contributed by atoms with van der Waals surface area (Å²) in [6.45, 7) is 3.01. The Morgan fingerprint density at radius 1 is 1.33 bits per heavy atom. The Balaban J connectivity index is 1.64. The summed E-state index contributed by atoms with van der Waals surface area (Å²) in [5.41, 5.74) is 0.824. The minimum Gasteiger partial charge on any atom is -0.494 e. The summed E-state index contributed by atoms with van der Waals surface area (Å²) < 4.78 is 5.39. The van der Waals surface area contributed by atoms with Crippen molar-refractivity contribution in [2.75, 3.05) is 18.1 Å². The van der Waals surface area contributed by atoms with Gasteiger partial charge in [-0.1, -0.05) is 0 Å². The first-order chi connectivity index (χ1) is 10.2. The van der Waals surface area contributed by atoms with Crippen molar-refractivity contribution in [3.8, 4) is 5.75 Å². The Kier molecular flexibility index (Phi) is 3.82. The number of amides is 2. The molecule has 1 saturated carbocycles. The molecule has 1 aliphatic carbocycles. The van der Waals surface area contributed by atoms with Crippen molar-refractivity contribution in [3.05, 3.63) is 24.3 Å². The van der Waals surface area contributed by atoms with Crippen LogP contribution in [-0.4, -0.2) is 31.0 Å². The molecule has 0 aromatic heterocycles. The number of nitrogens with zero attached hydrogens (tertiary/aromatic N) is 1. The molecule has 5 heteroatoms. The summed E-state index contributed by atoms with van der Waals surface area (Å²) >= 11 is 0. The molecule has 0 radical (unpaired) electrons. The Morgan fingerprint density at radius 3 is 2.67 bits per heavy atom. The summed E-state index contributed by atoms with van der Waals surface area (Å²) in [5.74, 6) is 0.579. The van der Waals surface area contributed by atoms with Crippen LogP contribution in [0.4, 0.5) is 5.69 Å². The van der Waals surface area contributed by atoms with E-state index in [2.05, 4.69) is 5.32 Å². The zero-order valence-electron chi connectivity index (χ0n) is 12.2. The second kappa shape index (κ2) is 5.76. The lowest BCUT2D eigenvalue weighted by atomic mass is 10.1. The molecule has 112 valence electrons. The van der Waals surface area contributed by atoms with Crippen LogP contribution in [0, 0.1) is 5.92 Å². The van der Waals surface area contributed by atoms with Crippen molar-refractivity contribution in [1.29, 1.82) is 0 Å². The summed E-state index contributed by atoms with van der Waals surface area (Å²) in [6.07, 6.45) is 2.43. The van der Waals surface area contributed by atoms with Gasteiger partial charge in [0, 0.05) is 24.7 Å². The maximum Gasteiger partial charge on any atom is 0.227 e. The van der Waals surface area contributed by atoms with Gasteiger partial charge in [-0.2, -0.15) is 0 Å². The summed E-state index contributed by atoms with van der Waals surface area (Å²) in [5, 5.41) is 2.98. The second-order valence-corrected chi connectivity index (χ2v) is 5.62. The Labute approximate surface area is 124 Å². The van der Waals surface area contributed by atoms with Gasteiger partial charge >= 0.3 is 0 Å². The topological polar surface area (TPSA) is 58.6 Å². The Bertz CT molecular complexity index is 537. The molecule has 1 atom stereocenters. The largest absolute Gasteiger partial charge is 0.494 e. The van der Waals surface area contributed by atoms with E-state index in [1.165, 1.54) is 0 Å². The Morgan fingerprint density at radius 2 is 2.05 bits per heavy atom. The molecule has 0 bridgehead atoms. The number of nitrogens with one attached hydrogen (secondary N) is 1. The third-order valence-corrected chi connectivity index (χ3v) is 3.88. The molecular weight excluding hydrogens is 268 g/mol. The molecular formula is C16H20N2O3. The fourth-order valence-electron chi connectivity index (χ4n) is 2.57. The molecule has 2 aliphatic rings. The monoisotopic (exact) mass is 288 g/mol. The van der Waals surface area contributed by atoms with Gasteiger partial charge in [-0.25, -0.2) is 0 Å². The van der Waals surface area contributed by atoms with Crippen LogP contribution >= 0.6 is 0 Å². The summed E-state index contributed by atoms with van der Waals surface area (Å²) in [6, 6.07) is 7.77. The number of carbonyl (C=O) groups excluding carboxylic acids is 2. The number of rotatable bonds is 5. The van der Waals surface area contributed by atoms with Gasteiger partial charge in [-0.15, -0.1) is 0 Å². The highest BCUT2D eigenvalue weighted by Crippen LogP contribution is 2.28. The average Bonchev–Trinajstić information content (AvgIpc) is 3.20. The van der Waals surface area contributed by atoms with Gasteiger partial charge < -0.3 is 15.0 Å². The highest BCUT2D eigenvalue weighted by molar-refractivity contribution is 6.00. The van der Waals surface area contributed by atoms with E-state index < -0.39 is 0 Å². The normalized spacial score (nSPS) is 21.5. The number of anilines is 1. The second-order valence-electron chi connectivity index (χ2n) is 5.62. The maximum absolute atomic E-state index is 12.1. The van der Waals surface area contributed by atoms with E-state index in [0.717, 1.165) is 24.3 Å². The van der Waals surface area contributed by atoms with Crippen molar-refractivity contribution in [1.82, 2.24) is 5.32 Å². The standard InChI is InChI=1S/C16H20N2O3/c1-2-21-14-7-5-13(6-8-14)18-10-11(9-15(18)19)16(20)17-12-3-4-12/h5-8,11-12H,2-4,9-10H2,1H3,(H,17,20)/t11-/m0/s1. The van der Waals surface area contributed by atoms with Gasteiger partial charge in [0.2, 0.25) is 11.8 Å². The molecule has 2 fully saturated rings. The number of benzene rings is 1. The van der Waals surface area contributed by atoms with E-state index in [4.69, 9.17) is 4.74 Å². The van der Waals surface area contributed by atoms with Crippen LogP contribution in [0.1, 0.15) is 26.2 Å². The lowest BCUT2D eigenvalue weighted by Crippen LogP contribution is -2.34. The number of ether oxygens (including phenoxy) is 1. The van der Waals surface area contributed by atoms with E-state index in [0.29, 0.717) is 25.6 Å². The van der Waals surface area contributed by atoms with E-state index in [1.54, 1.807) is 4.90 Å². The zero-order chi connectivity index (χ0) is 14.8. The van der Waals surface area contributed by atoms with Crippen molar-refractivity contribution in [3.63, 3.8) is 0 Å². The van der Waals surface area contributed by atoms with Crippen LogP contribution < -0.4 is 15.0 Å². The lowest BCUT2D eigenvalue weighted by molar-refractivity contribution is -0.126. The van der Waals surface area contributed by atoms with E-state index in [9.17, 15) is 9.59 Å². The predicted octanol–water partition coefficient (Wildman–Crippen LogP) is 1.72. The van der Waals surface area contributed by atoms with E-state index in [-0.39, 0.29) is 17.7 Å². The van der Waals surface area contributed by atoms with Gasteiger partial charge in [0.05, 0.1) is 12.5 Å². The van der Waals surface area contributed by atoms with Crippen molar-refractivity contribution >= 4 is 17.5 Å². The third-order valence-electron chi connectivity index (χ3n) is 3.88. The minimum absolute atomic E-state index is 0.00936. The van der Waals surface area contributed by atoms with Gasteiger partial charge in [-0.05, 0) is 44.0 Å². The molecule has 0 spiro atoms. The van der Waals surface area contributed by atoms with Gasteiger partial charge in [0.15, 0.2) is 0 Å². The molecule has 5 nitrogen and oxygen atoms in total. The molecule has 3 rings (SSSR count). The molecule has 1 aliphatic heterocycles. The SMILES string of the molecule is CCOc1ccc(N2C[C@@H](C(=O)NC3CC3)CC2=O)cc1. The average molecular weight is 288 g/mol. The first-order valence-electron chi connectivity index (χ1n) is 7.51. The minimum atomic E-state index is -0.232. The van der Waals surface area contributed by atoms with Crippen LogP contribution in [0.3, 0.4) is 0 Å². The highest BCUT2D eigenvalue weighted by Gasteiger charge is 2.37. The predicted molar refractivity (Wildman–Crippen MR) is 79.2 cm³/mol. The number of hydrogen-bond acceptors (Lipinski definition) is 3. The van der Waals surface area contributed by atoms with E-state index >= 15 is 0 Å². The van der Waals surface area contributed by atoms with Crippen LogP contribution in [0.2, 0.25) is 0 Å². The molecule has 1 saturated heterocycles. The number of hydrogen-bond donors (Lipinski definition) is 1. The van der Waals surface area contributed by atoms with Crippen molar-refractivity contribution in [2.24, 2.45) is 5.92 Å². The summed E-state index contributed by atoms with van der Waals surface area (Å²) in [7, 11) is 0. The quantitative estimate of drug-likeness (QED) is 0.897. The van der Waals surface area contributed by atoms with Crippen molar-refractivity contribution < 1.29 is 14.3 Å². The van der Waals surface area contributed by atoms with Crippen LogP contribution in [0.25, 0.3) is 0 Å². The maximum atomic E-state index is 12.1. The number of carbonyl (C=O) groups is 2. The van der Waals surface area contributed by atoms with Crippen LogP contribution in [0.15, 0.2) is 24.3 Å². The summed E-state index contributed by atoms with van der Waals surface area (Å²) in [4.78, 5) is 25.9. The van der Waals surface area contributed by atoms with Gasteiger partial charge in [-0.3, -0.25) is 9.59 Å². The highest BCUT2D eigenvalue weighted by atomic mass is 16.5. The molecule has 2 amide bonds. The first kappa shape index (κ1) is 13.9. The lowest BCUT2D eigenvalue weighted by Gasteiger charge is -2.17. The molecule has 1 aromatic carbocycles. The molecule has 21 heavy (non-hydrogen) atoms. The van der Waals surface area contributed by atoms with Crippen LogP contribution in [-0.2, 0) is 9.59 Å². The fraction of sp³-hybridized carbons (Fsp3) is 0.500. The van der Waals surface area contributed by atoms with E-state index in [1.807, 2.05) is 31.2 Å². The van der Waals surface area contributed by atoms with Crippen molar-refractivity contribution in [2.45, 2.75) is 32.2 Å². The van der Waals surface area contributed by atoms with Crippen LogP contribution in [0.5, 0.6) is 5.75 Å². The van der Waals surface area contributed by atoms with Gasteiger partial charge in [0.25, 0.3) is 0 Å². The molecule has 0 unspecified atom stereocenters. The molecule has 1 heterocycles. The molecule has 1 aromatic rings. The molecule has 1 N–H and O–H groups in total. The zero-order valence-corrected chi connectivity index (χ0v) is 12.2. The third kappa shape index (κ3) is 3.17. The fourth-order valence-corrected chi connectivity index (χ4v) is 2.57. The Hall–Kier alpha value is -2.04. The smallest absolute Gasteiger partial charge is 0.227 e. The first-order valence-corrected chi connectivity index (χ1v) is 7.51. The van der Waals surface area contributed by atoms with Gasteiger partial charge in [0.1, 0.15) is 5.75 Å².